The lowest BCUT2D eigenvalue weighted by atomic mass is 10.1. The Kier molecular flexibility index (Phi) is 2.71. The van der Waals surface area contributed by atoms with Gasteiger partial charge in [-0.15, -0.1) is 0 Å². The van der Waals surface area contributed by atoms with Crippen molar-refractivity contribution < 1.29 is 0 Å². The summed E-state index contributed by atoms with van der Waals surface area (Å²) in [6, 6.07) is 11.5. The maximum absolute atomic E-state index is 5.84. The minimum absolute atomic E-state index is 0.642. The highest BCUT2D eigenvalue weighted by molar-refractivity contribution is 9.10. The van der Waals surface area contributed by atoms with Gasteiger partial charge in [0.05, 0.1) is 11.0 Å². The molecule has 0 aliphatic rings. The first-order valence-electron chi connectivity index (χ1n) is 5.83. The molecule has 0 aliphatic heterocycles. The van der Waals surface area contributed by atoms with Crippen molar-refractivity contribution in [3.8, 4) is 11.4 Å². The molecule has 19 heavy (non-hydrogen) atoms. The average molecular weight is 317 g/mol. The second kappa shape index (κ2) is 4.28. The van der Waals surface area contributed by atoms with E-state index >= 15 is 0 Å². The Hall–Kier alpha value is -2.01. The van der Waals surface area contributed by atoms with Crippen molar-refractivity contribution in [2.24, 2.45) is 7.05 Å². The number of nitrogens with two attached hydrogens (primary N) is 2. The fourth-order valence-electron chi connectivity index (χ4n) is 2.24. The molecule has 0 saturated heterocycles. The predicted molar refractivity (Wildman–Crippen MR) is 82.7 cm³/mol. The molecule has 4 nitrogen and oxygen atoms in total. The van der Waals surface area contributed by atoms with Gasteiger partial charge in [0.1, 0.15) is 5.82 Å². The number of hydrogen-bond acceptors (Lipinski definition) is 3. The maximum Gasteiger partial charge on any atom is 0.141 e. The van der Waals surface area contributed by atoms with Crippen LogP contribution in [0.1, 0.15) is 0 Å². The molecule has 0 aliphatic carbocycles. The van der Waals surface area contributed by atoms with E-state index in [1.54, 1.807) is 6.07 Å². The Bertz CT molecular complexity index is 756. The summed E-state index contributed by atoms with van der Waals surface area (Å²) < 4.78 is 3.05. The van der Waals surface area contributed by atoms with Crippen molar-refractivity contribution in [3.05, 3.63) is 40.9 Å². The second-order valence-electron chi connectivity index (χ2n) is 4.52. The fourth-order valence-corrected chi connectivity index (χ4v) is 2.59. The van der Waals surface area contributed by atoms with Crippen LogP contribution in [0.3, 0.4) is 0 Å². The number of halogens is 1. The number of nitrogens with zero attached hydrogens (tertiary/aromatic N) is 2. The summed E-state index contributed by atoms with van der Waals surface area (Å²) in [5.74, 6) is 0.854. The van der Waals surface area contributed by atoms with E-state index in [1.165, 1.54) is 0 Å². The smallest absolute Gasteiger partial charge is 0.141 e. The summed E-state index contributed by atoms with van der Waals surface area (Å²) in [7, 11) is 1.98. The zero-order chi connectivity index (χ0) is 13.6. The standard InChI is InChI=1S/C14H13BrN4/c1-19-13-3-2-9(15)6-12(13)18-14(19)8-4-10(16)7-11(17)5-8/h2-7H,16-17H2,1H3. The lowest BCUT2D eigenvalue weighted by molar-refractivity contribution is 0.959. The number of aryl methyl sites for hydroxylation is 1. The number of anilines is 2. The van der Waals surface area contributed by atoms with Gasteiger partial charge in [0.25, 0.3) is 0 Å². The molecule has 2 aromatic carbocycles. The minimum Gasteiger partial charge on any atom is -0.399 e. The number of hydrogen-bond donors (Lipinski definition) is 2. The van der Waals surface area contributed by atoms with Gasteiger partial charge in [-0.2, -0.15) is 0 Å². The summed E-state index contributed by atoms with van der Waals surface area (Å²) in [6.07, 6.45) is 0. The number of benzene rings is 2. The van der Waals surface area contributed by atoms with E-state index in [9.17, 15) is 0 Å². The Morgan fingerprint density at radius 2 is 1.74 bits per heavy atom. The normalized spacial score (nSPS) is 11.1. The maximum atomic E-state index is 5.84. The van der Waals surface area contributed by atoms with Crippen molar-refractivity contribution in [1.29, 1.82) is 0 Å². The van der Waals surface area contributed by atoms with Gasteiger partial charge in [0.2, 0.25) is 0 Å². The lowest BCUT2D eigenvalue weighted by Crippen LogP contribution is -1.96. The lowest BCUT2D eigenvalue weighted by Gasteiger charge is -2.05. The minimum atomic E-state index is 0.642. The molecule has 0 spiro atoms. The van der Waals surface area contributed by atoms with E-state index < -0.39 is 0 Å². The van der Waals surface area contributed by atoms with Crippen molar-refractivity contribution in [2.75, 3.05) is 11.5 Å². The zero-order valence-electron chi connectivity index (χ0n) is 10.4. The predicted octanol–water partition coefficient (Wildman–Crippen LogP) is 3.17. The van der Waals surface area contributed by atoms with Crippen LogP contribution in [0, 0.1) is 0 Å². The van der Waals surface area contributed by atoms with Gasteiger partial charge >= 0.3 is 0 Å². The molecular formula is C14H13BrN4. The number of imidazole rings is 1. The van der Waals surface area contributed by atoms with Crippen LogP contribution in [-0.2, 0) is 7.05 Å². The molecule has 96 valence electrons. The molecule has 0 unspecified atom stereocenters. The van der Waals surface area contributed by atoms with Crippen LogP contribution in [0.5, 0.6) is 0 Å². The molecule has 1 aromatic heterocycles. The Labute approximate surface area is 119 Å². The van der Waals surface area contributed by atoms with Crippen LogP contribution in [0.4, 0.5) is 11.4 Å². The highest BCUT2D eigenvalue weighted by Gasteiger charge is 2.11. The van der Waals surface area contributed by atoms with E-state index in [4.69, 9.17) is 11.5 Å². The summed E-state index contributed by atoms with van der Waals surface area (Å²) in [6.45, 7) is 0. The van der Waals surface area contributed by atoms with E-state index in [1.807, 2.05) is 41.9 Å². The largest absolute Gasteiger partial charge is 0.399 e. The van der Waals surface area contributed by atoms with Crippen molar-refractivity contribution in [2.45, 2.75) is 0 Å². The molecule has 0 radical (unpaired) electrons. The molecule has 3 aromatic rings. The van der Waals surface area contributed by atoms with Crippen LogP contribution in [0.25, 0.3) is 22.4 Å². The molecule has 1 heterocycles. The number of nitrogen functional groups attached to an aromatic ring is 2. The van der Waals surface area contributed by atoms with Gasteiger partial charge in [-0.05, 0) is 36.4 Å². The Morgan fingerprint density at radius 3 is 2.42 bits per heavy atom. The topological polar surface area (TPSA) is 69.9 Å². The first-order chi connectivity index (χ1) is 9.04. The molecule has 0 amide bonds. The first-order valence-corrected chi connectivity index (χ1v) is 6.62. The average Bonchev–Trinajstić information content (AvgIpc) is 2.65. The summed E-state index contributed by atoms with van der Waals surface area (Å²) in [4.78, 5) is 4.65. The van der Waals surface area contributed by atoms with Crippen LogP contribution < -0.4 is 11.5 Å². The van der Waals surface area contributed by atoms with Crippen molar-refractivity contribution in [3.63, 3.8) is 0 Å². The Balaban J connectivity index is 2.27. The van der Waals surface area contributed by atoms with Crippen LogP contribution >= 0.6 is 15.9 Å². The van der Waals surface area contributed by atoms with Crippen molar-refractivity contribution >= 4 is 38.3 Å². The Morgan fingerprint density at radius 1 is 1.05 bits per heavy atom. The molecule has 5 heteroatoms. The second-order valence-corrected chi connectivity index (χ2v) is 5.43. The SMILES string of the molecule is Cn1c(-c2cc(N)cc(N)c2)nc2cc(Br)ccc21. The molecule has 0 fully saturated rings. The molecule has 0 atom stereocenters. The number of fused-ring (bicyclic) bond motifs is 1. The van der Waals surface area contributed by atoms with E-state index in [0.29, 0.717) is 11.4 Å². The first kappa shape index (κ1) is 12.0. The third-order valence-electron chi connectivity index (χ3n) is 3.08. The van der Waals surface area contributed by atoms with Crippen LogP contribution in [-0.4, -0.2) is 9.55 Å². The molecule has 0 bridgehead atoms. The van der Waals surface area contributed by atoms with Crippen LogP contribution in [0.15, 0.2) is 40.9 Å². The molecule has 4 N–H and O–H groups in total. The summed E-state index contributed by atoms with van der Waals surface area (Å²) >= 11 is 3.46. The third kappa shape index (κ3) is 2.06. The van der Waals surface area contributed by atoms with Crippen LogP contribution in [0.2, 0.25) is 0 Å². The van der Waals surface area contributed by atoms with E-state index in [2.05, 4.69) is 20.9 Å². The quantitative estimate of drug-likeness (QED) is 0.677. The molecular weight excluding hydrogens is 304 g/mol. The molecule has 0 saturated carbocycles. The molecule has 3 rings (SSSR count). The van der Waals surface area contributed by atoms with E-state index in [0.717, 1.165) is 26.9 Å². The van der Waals surface area contributed by atoms with Gasteiger partial charge in [0, 0.05) is 28.5 Å². The third-order valence-corrected chi connectivity index (χ3v) is 3.57. The van der Waals surface area contributed by atoms with Gasteiger partial charge in [0.15, 0.2) is 0 Å². The fraction of sp³-hybridized carbons (Fsp3) is 0.0714. The highest BCUT2D eigenvalue weighted by Crippen LogP contribution is 2.28. The monoisotopic (exact) mass is 316 g/mol. The number of aromatic nitrogens is 2. The highest BCUT2D eigenvalue weighted by atomic mass is 79.9. The van der Waals surface area contributed by atoms with Gasteiger partial charge < -0.3 is 16.0 Å². The van der Waals surface area contributed by atoms with Gasteiger partial charge in [-0.3, -0.25) is 0 Å². The van der Waals surface area contributed by atoms with Gasteiger partial charge in [-0.1, -0.05) is 15.9 Å². The summed E-state index contributed by atoms with van der Waals surface area (Å²) in [5, 5.41) is 0. The van der Waals surface area contributed by atoms with Crippen molar-refractivity contribution in [1.82, 2.24) is 9.55 Å². The summed E-state index contributed by atoms with van der Waals surface area (Å²) in [5.41, 5.74) is 15.9. The number of rotatable bonds is 1. The van der Waals surface area contributed by atoms with Gasteiger partial charge in [-0.25, -0.2) is 4.98 Å². The zero-order valence-corrected chi connectivity index (χ0v) is 12.0. The van der Waals surface area contributed by atoms with E-state index in [-0.39, 0.29) is 0 Å².